The summed E-state index contributed by atoms with van der Waals surface area (Å²) in [5.74, 6) is 0.680. The van der Waals surface area contributed by atoms with E-state index in [9.17, 15) is 4.79 Å². The molecule has 0 saturated heterocycles. The number of nitrogens with one attached hydrogen (secondary N) is 1. The molecule has 1 atom stereocenters. The van der Waals surface area contributed by atoms with E-state index in [2.05, 4.69) is 10.5 Å². The Kier molecular flexibility index (Phi) is 4.87. The number of benzene rings is 2. The predicted molar refractivity (Wildman–Crippen MR) is 109 cm³/mol. The number of furan rings is 1. The van der Waals surface area contributed by atoms with Crippen LogP contribution < -0.4 is 5.32 Å². The molecule has 2 aromatic heterocycles. The van der Waals surface area contributed by atoms with Crippen molar-refractivity contribution in [1.29, 1.82) is 0 Å². The van der Waals surface area contributed by atoms with E-state index >= 15 is 0 Å². The first kappa shape index (κ1) is 18.6. The van der Waals surface area contributed by atoms with Gasteiger partial charge in [-0.1, -0.05) is 52.6 Å². The number of rotatable bonds is 4. The minimum atomic E-state index is -0.358. The number of aryl methyl sites for hydroxylation is 1. The van der Waals surface area contributed by atoms with Crippen LogP contribution in [0.15, 0.2) is 57.5 Å². The molecule has 5 nitrogen and oxygen atoms in total. The van der Waals surface area contributed by atoms with E-state index in [4.69, 9.17) is 32.1 Å². The average molecular weight is 415 g/mol. The molecule has 0 fully saturated rings. The smallest absolute Gasteiger partial charge is 0.257 e. The van der Waals surface area contributed by atoms with E-state index in [1.165, 1.54) is 0 Å². The first-order valence-corrected chi connectivity index (χ1v) is 9.41. The van der Waals surface area contributed by atoms with Crippen molar-refractivity contribution < 1.29 is 13.7 Å². The number of aromatic nitrogens is 1. The number of amides is 1. The maximum Gasteiger partial charge on any atom is 0.257 e. The monoisotopic (exact) mass is 414 g/mol. The van der Waals surface area contributed by atoms with E-state index in [1.54, 1.807) is 25.1 Å². The maximum atomic E-state index is 13.0. The molecule has 0 bridgehead atoms. The summed E-state index contributed by atoms with van der Waals surface area (Å²) in [5.41, 5.74) is 1.83. The minimum Gasteiger partial charge on any atom is -0.459 e. The van der Waals surface area contributed by atoms with E-state index < -0.39 is 0 Å². The lowest BCUT2D eigenvalue weighted by Gasteiger charge is -2.12. The van der Waals surface area contributed by atoms with Crippen LogP contribution in [0.4, 0.5) is 0 Å². The third-order valence-electron chi connectivity index (χ3n) is 4.51. The van der Waals surface area contributed by atoms with Gasteiger partial charge in [0.1, 0.15) is 28.4 Å². The number of nitrogens with zero attached hydrogens (tertiary/aromatic N) is 1. The molecular weight excluding hydrogens is 399 g/mol. The van der Waals surface area contributed by atoms with Crippen molar-refractivity contribution in [2.24, 2.45) is 0 Å². The Morgan fingerprint density at radius 2 is 1.82 bits per heavy atom. The van der Waals surface area contributed by atoms with Gasteiger partial charge in [-0.15, -0.1) is 0 Å². The average Bonchev–Trinajstić information content (AvgIpc) is 3.25. The Morgan fingerprint density at radius 1 is 1.11 bits per heavy atom. The van der Waals surface area contributed by atoms with Gasteiger partial charge in [0.15, 0.2) is 0 Å². The number of hydrogen-bond acceptors (Lipinski definition) is 4. The normalized spacial score (nSPS) is 12.3. The molecule has 0 aliphatic rings. The third kappa shape index (κ3) is 3.28. The van der Waals surface area contributed by atoms with Gasteiger partial charge in [-0.2, -0.15) is 0 Å². The van der Waals surface area contributed by atoms with E-state index in [0.717, 1.165) is 11.0 Å². The summed E-state index contributed by atoms with van der Waals surface area (Å²) in [6.07, 6.45) is 0. The molecule has 0 aliphatic heterocycles. The van der Waals surface area contributed by atoms with Crippen molar-refractivity contribution in [1.82, 2.24) is 10.5 Å². The molecule has 1 amide bonds. The number of para-hydroxylation sites is 1. The Hall–Kier alpha value is -2.76. The highest BCUT2D eigenvalue weighted by atomic mass is 35.5. The fraction of sp³-hybridized carbons (Fsp3) is 0.143. The Bertz CT molecular complexity index is 1130. The fourth-order valence-electron chi connectivity index (χ4n) is 3.09. The van der Waals surface area contributed by atoms with E-state index in [-0.39, 0.29) is 17.5 Å². The first-order valence-electron chi connectivity index (χ1n) is 8.65. The Balaban J connectivity index is 1.66. The summed E-state index contributed by atoms with van der Waals surface area (Å²) in [6.45, 7) is 3.52. The van der Waals surface area contributed by atoms with E-state index in [0.29, 0.717) is 32.8 Å². The van der Waals surface area contributed by atoms with Gasteiger partial charge in [-0.05, 0) is 38.1 Å². The molecule has 0 saturated carbocycles. The minimum absolute atomic E-state index is 0.290. The molecule has 7 heteroatoms. The molecule has 1 N–H and O–H groups in total. The van der Waals surface area contributed by atoms with Gasteiger partial charge in [0, 0.05) is 10.9 Å². The fourth-order valence-corrected chi connectivity index (χ4v) is 3.67. The van der Waals surface area contributed by atoms with Crippen LogP contribution in [0.2, 0.25) is 10.0 Å². The van der Waals surface area contributed by atoms with Crippen LogP contribution in [0.3, 0.4) is 0 Å². The van der Waals surface area contributed by atoms with Crippen molar-refractivity contribution >= 4 is 40.1 Å². The van der Waals surface area contributed by atoms with Gasteiger partial charge in [0.25, 0.3) is 5.91 Å². The first-order chi connectivity index (χ1) is 13.5. The maximum absolute atomic E-state index is 13.0. The van der Waals surface area contributed by atoms with Crippen LogP contribution in [0.25, 0.3) is 22.2 Å². The molecule has 0 spiro atoms. The summed E-state index contributed by atoms with van der Waals surface area (Å²) in [6, 6.07) is 14.3. The zero-order valence-electron chi connectivity index (χ0n) is 15.1. The summed E-state index contributed by atoms with van der Waals surface area (Å²) in [4.78, 5) is 13.0. The van der Waals surface area contributed by atoms with Crippen molar-refractivity contribution in [3.05, 3.63) is 75.7 Å². The molecule has 2 heterocycles. The number of halogens is 2. The van der Waals surface area contributed by atoms with Crippen molar-refractivity contribution in [2.45, 2.75) is 19.9 Å². The van der Waals surface area contributed by atoms with Crippen molar-refractivity contribution in [2.75, 3.05) is 0 Å². The van der Waals surface area contributed by atoms with Crippen LogP contribution >= 0.6 is 23.2 Å². The zero-order chi connectivity index (χ0) is 19.8. The van der Waals surface area contributed by atoms with Crippen LogP contribution in [-0.2, 0) is 0 Å². The van der Waals surface area contributed by atoms with Gasteiger partial charge in [-0.25, -0.2) is 0 Å². The van der Waals surface area contributed by atoms with Crippen molar-refractivity contribution in [3.63, 3.8) is 0 Å². The van der Waals surface area contributed by atoms with Gasteiger partial charge >= 0.3 is 0 Å². The molecular formula is C21H16Cl2N2O3. The number of carbonyl (C=O) groups is 1. The quantitative estimate of drug-likeness (QED) is 0.431. The summed E-state index contributed by atoms with van der Waals surface area (Å²) < 4.78 is 11.1. The van der Waals surface area contributed by atoms with Crippen LogP contribution in [0.1, 0.15) is 34.8 Å². The topological polar surface area (TPSA) is 68.3 Å². The molecule has 142 valence electrons. The van der Waals surface area contributed by atoms with Crippen molar-refractivity contribution in [3.8, 4) is 11.3 Å². The van der Waals surface area contributed by atoms with Crippen LogP contribution in [0.5, 0.6) is 0 Å². The number of fused-ring (bicyclic) bond motifs is 1. The molecule has 0 radical (unpaired) electrons. The Labute approximate surface area is 171 Å². The largest absolute Gasteiger partial charge is 0.459 e. The lowest BCUT2D eigenvalue weighted by molar-refractivity contribution is 0.0934. The highest BCUT2D eigenvalue weighted by Crippen LogP contribution is 2.37. The second-order valence-electron chi connectivity index (χ2n) is 6.44. The SMILES string of the molecule is Cc1onc(-c2c(Cl)cccc2Cl)c1C(=O)NC(C)c1cc2ccccc2o1. The van der Waals surface area contributed by atoms with Gasteiger partial charge in [0.05, 0.1) is 16.1 Å². The molecule has 1 unspecified atom stereocenters. The lowest BCUT2D eigenvalue weighted by atomic mass is 10.0. The van der Waals surface area contributed by atoms with E-state index in [1.807, 2.05) is 37.3 Å². The lowest BCUT2D eigenvalue weighted by Crippen LogP contribution is -2.27. The molecule has 4 aromatic rings. The van der Waals surface area contributed by atoms with Crippen LogP contribution in [-0.4, -0.2) is 11.1 Å². The second kappa shape index (κ2) is 7.34. The number of hydrogen-bond donors (Lipinski definition) is 1. The highest BCUT2D eigenvalue weighted by Gasteiger charge is 2.26. The van der Waals surface area contributed by atoms with Gasteiger partial charge < -0.3 is 14.3 Å². The second-order valence-corrected chi connectivity index (χ2v) is 7.26. The van der Waals surface area contributed by atoms with Gasteiger partial charge in [0.2, 0.25) is 0 Å². The molecule has 28 heavy (non-hydrogen) atoms. The zero-order valence-corrected chi connectivity index (χ0v) is 16.6. The molecule has 2 aromatic carbocycles. The predicted octanol–water partition coefficient (Wildman–Crippen LogP) is 6.19. The molecule has 4 rings (SSSR count). The summed E-state index contributed by atoms with van der Waals surface area (Å²) >= 11 is 12.6. The summed E-state index contributed by atoms with van der Waals surface area (Å²) in [7, 11) is 0. The van der Waals surface area contributed by atoms with Gasteiger partial charge in [-0.3, -0.25) is 4.79 Å². The standard InChI is InChI=1S/C21H16Cl2N2O3/c1-11(17-10-13-6-3-4-9-16(13)27-17)24-21(26)18-12(2)28-25-20(18)19-14(22)7-5-8-15(19)23/h3-11H,1-2H3,(H,24,26). The Morgan fingerprint density at radius 3 is 2.54 bits per heavy atom. The van der Waals surface area contributed by atoms with Crippen LogP contribution in [0, 0.1) is 6.92 Å². The molecule has 0 aliphatic carbocycles. The number of carbonyl (C=O) groups excluding carboxylic acids is 1. The highest BCUT2D eigenvalue weighted by molar-refractivity contribution is 6.39. The summed E-state index contributed by atoms with van der Waals surface area (Å²) in [5, 5.41) is 8.70. The third-order valence-corrected chi connectivity index (χ3v) is 5.14.